The van der Waals surface area contributed by atoms with Gasteiger partial charge < -0.3 is 10.2 Å². The highest BCUT2D eigenvalue weighted by Crippen LogP contribution is 2.29. The van der Waals surface area contributed by atoms with Gasteiger partial charge >= 0.3 is 0 Å². The fourth-order valence-electron chi connectivity index (χ4n) is 3.51. The van der Waals surface area contributed by atoms with Gasteiger partial charge in [-0.25, -0.2) is 0 Å². The zero-order valence-electron chi connectivity index (χ0n) is 14.7. The Morgan fingerprint density at radius 2 is 1.90 bits per heavy atom. The van der Waals surface area contributed by atoms with Crippen LogP contribution in [0.15, 0.2) is 0 Å². The maximum atomic E-state index is 3.72. The van der Waals surface area contributed by atoms with Gasteiger partial charge in [-0.15, -0.1) is 0 Å². The third-order valence-corrected chi connectivity index (χ3v) is 5.29. The molecule has 1 aliphatic rings. The molecule has 0 spiro atoms. The van der Waals surface area contributed by atoms with E-state index in [0.717, 1.165) is 18.4 Å². The highest BCUT2D eigenvalue weighted by molar-refractivity contribution is 4.85. The molecule has 0 aromatic carbocycles. The van der Waals surface area contributed by atoms with Gasteiger partial charge in [0.1, 0.15) is 0 Å². The van der Waals surface area contributed by atoms with E-state index in [9.17, 15) is 0 Å². The predicted molar refractivity (Wildman–Crippen MR) is 90.2 cm³/mol. The van der Waals surface area contributed by atoms with Crippen LogP contribution in [-0.2, 0) is 0 Å². The Morgan fingerprint density at radius 1 is 1.20 bits per heavy atom. The van der Waals surface area contributed by atoms with Crippen molar-refractivity contribution in [2.45, 2.75) is 66.7 Å². The van der Waals surface area contributed by atoms with Crippen LogP contribution < -0.4 is 5.32 Å². The zero-order valence-corrected chi connectivity index (χ0v) is 14.7. The van der Waals surface area contributed by atoms with E-state index >= 15 is 0 Å². The molecule has 1 rings (SSSR count). The van der Waals surface area contributed by atoms with Crippen LogP contribution >= 0.6 is 0 Å². The molecule has 0 aromatic rings. The summed E-state index contributed by atoms with van der Waals surface area (Å²) in [5.74, 6) is 1.69. The molecule has 1 unspecified atom stereocenters. The van der Waals surface area contributed by atoms with Crippen molar-refractivity contribution in [1.82, 2.24) is 10.2 Å². The number of hydrogen-bond donors (Lipinski definition) is 1. The molecule has 0 amide bonds. The second kappa shape index (κ2) is 9.04. The number of nitrogens with one attached hydrogen (secondary N) is 1. The Kier molecular flexibility index (Phi) is 8.13. The van der Waals surface area contributed by atoms with Gasteiger partial charge in [-0.2, -0.15) is 0 Å². The van der Waals surface area contributed by atoms with Crippen molar-refractivity contribution < 1.29 is 0 Å². The topological polar surface area (TPSA) is 15.3 Å². The van der Waals surface area contributed by atoms with Gasteiger partial charge in [0, 0.05) is 19.6 Å². The van der Waals surface area contributed by atoms with E-state index in [4.69, 9.17) is 0 Å². The summed E-state index contributed by atoms with van der Waals surface area (Å²) in [6.45, 7) is 18.0. The summed E-state index contributed by atoms with van der Waals surface area (Å²) in [5, 5.41) is 3.72. The van der Waals surface area contributed by atoms with Gasteiger partial charge in [-0.1, -0.05) is 41.0 Å². The van der Waals surface area contributed by atoms with E-state index in [-0.39, 0.29) is 0 Å². The summed E-state index contributed by atoms with van der Waals surface area (Å²) in [5.41, 5.74) is 0.477. The van der Waals surface area contributed by atoms with Crippen molar-refractivity contribution >= 4 is 0 Å². The van der Waals surface area contributed by atoms with Crippen LogP contribution in [0.25, 0.3) is 0 Å². The molecule has 1 saturated heterocycles. The molecule has 1 aliphatic heterocycles. The Bertz CT molecular complexity index is 246. The molecule has 0 aliphatic carbocycles. The molecule has 0 aromatic heterocycles. The molecule has 20 heavy (non-hydrogen) atoms. The summed E-state index contributed by atoms with van der Waals surface area (Å²) < 4.78 is 0. The Hall–Kier alpha value is -0.0800. The molecule has 1 fully saturated rings. The number of piperidine rings is 1. The standard InChI is InChI=1S/C18H38N2/c1-6-17-10-9-11-20(13-17)15-18(7-2,8-3)14-19-12-16(4)5/h16-17,19H,6-15H2,1-5H3. The fourth-order valence-corrected chi connectivity index (χ4v) is 3.51. The predicted octanol–water partition coefficient (Wildman–Crippen LogP) is 4.16. The Balaban J connectivity index is 2.51. The minimum absolute atomic E-state index is 0.477. The van der Waals surface area contributed by atoms with Gasteiger partial charge in [0.25, 0.3) is 0 Å². The summed E-state index contributed by atoms with van der Waals surface area (Å²) in [4.78, 5) is 2.75. The first-order valence-electron chi connectivity index (χ1n) is 8.98. The Morgan fingerprint density at radius 3 is 2.45 bits per heavy atom. The zero-order chi connectivity index (χ0) is 15.0. The molecule has 1 heterocycles. The third kappa shape index (κ3) is 5.73. The summed E-state index contributed by atoms with van der Waals surface area (Å²) in [6.07, 6.45) is 6.79. The van der Waals surface area contributed by atoms with Crippen molar-refractivity contribution in [3.63, 3.8) is 0 Å². The summed E-state index contributed by atoms with van der Waals surface area (Å²) in [6, 6.07) is 0. The van der Waals surface area contributed by atoms with E-state index in [1.165, 1.54) is 58.3 Å². The first kappa shape index (κ1) is 18.0. The van der Waals surface area contributed by atoms with Crippen molar-refractivity contribution in [2.75, 3.05) is 32.7 Å². The van der Waals surface area contributed by atoms with Crippen LogP contribution in [0.5, 0.6) is 0 Å². The van der Waals surface area contributed by atoms with Crippen LogP contribution in [0.3, 0.4) is 0 Å². The van der Waals surface area contributed by atoms with Crippen molar-refractivity contribution in [1.29, 1.82) is 0 Å². The van der Waals surface area contributed by atoms with E-state index in [1.54, 1.807) is 0 Å². The molecule has 1 atom stereocenters. The summed E-state index contributed by atoms with van der Waals surface area (Å²) >= 11 is 0. The average Bonchev–Trinajstić information content (AvgIpc) is 2.46. The van der Waals surface area contributed by atoms with Crippen molar-refractivity contribution in [3.8, 4) is 0 Å². The first-order chi connectivity index (χ1) is 9.55. The van der Waals surface area contributed by atoms with Crippen LogP contribution in [0, 0.1) is 17.3 Å². The monoisotopic (exact) mass is 282 g/mol. The first-order valence-corrected chi connectivity index (χ1v) is 8.98. The van der Waals surface area contributed by atoms with Gasteiger partial charge in [-0.3, -0.25) is 0 Å². The second-order valence-electron chi connectivity index (χ2n) is 7.38. The lowest BCUT2D eigenvalue weighted by molar-refractivity contribution is 0.0923. The molecule has 2 nitrogen and oxygen atoms in total. The normalized spacial score (nSPS) is 21.6. The molecule has 0 radical (unpaired) electrons. The van der Waals surface area contributed by atoms with Crippen molar-refractivity contribution in [3.05, 3.63) is 0 Å². The molecule has 0 bridgehead atoms. The lowest BCUT2D eigenvalue weighted by atomic mass is 9.80. The van der Waals surface area contributed by atoms with Gasteiger partial charge in [0.2, 0.25) is 0 Å². The minimum Gasteiger partial charge on any atom is -0.316 e. The van der Waals surface area contributed by atoms with Crippen molar-refractivity contribution in [2.24, 2.45) is 17.3 Å². The Labute approximate surface area is 127 Å². The van der Waals surface area contributed by atoms with Crippen LogP contribution in [0.1, 0.15) is 66.7 Å². The average molecular weight is 283 g/mol. The van der Waals surface area contributed by atoms with E-state index in [1.807, 2.05) is 0 Å². The SMILES string of the molecule is CCC1CCCN(CC(CC)(CC)CNCC(C)C)C1. The van der Waals surface area contributed by atoms with Gasteiger partial charge in [-0.05, 0) is 56.0 Å². The molecule has 2 heteroatoms. The largest absolute Gasteiger partial charge is 0.316 e. The lowest BCUT2D eigenvalue weighted by Crippen LogP contribution is -2.47. The van der Waals surface area contributed by atoms with E-state index in [0.29, 0.717) is 5.41 Å². The fraction of sp³-hybridized carbons (Fsp3) is 1.00. The maximum absolute atomic E-state index is 3.72. The number of rotatable bonds is 9. The highest BCUT2D eigenvalue weighted by atomic mass is 15.1. The molecule has 1 N–H and O–H groups in total. The second-order valence-corrected chi connectivity index (χ2v) is 7.38. The van der Waals surface area contributed by atoms with E-state index < -0.39 is 0 Å². The van der Waals surface area contributed by atoms with Crippen LogP contribution in [-0.4, -0.2) is 37.6 Å². The third-order valence-electron chi connectivity index (χ3n) is 5.29. The minimum atomic E-state index is 0.477. The number of likely N-dealkylation sites (tertiary alicyclic amines) is 1. The van der Waals surface area contributed by atoms with Crippen LogP contribution in [0.2, 0.25) is 0 Å². The smallest absolute Gasteiger partial charge is 0.00500 e. The summed E-state index contributed by atoms with van der Waals surface area (Å²) in [7, 11) is 0. The van der Waals surface area contributed by atoms with Gasteiger partial charge in [0.15, 0.2) is 0 Å². The molecule has 0 saturated carbocycles. The van der Waals surface area contributed by atoms with Crippen LogP contribution in [0.4, 0.5) is 0 Å². The molecular formula is C18H38N2. The van der Waals surface area contributed by atoms with E-state index in [2.05, 4.69) is 44.8 Å². The highest BCUT2D eigenvalue weighted by Gasteiger charge is 2.30. The molecular weight excluding hydrogens is 244 g/mol. The number of hydrogen-bond acceptors (Lipinski definition) is 2. The molecule has 120 valence electrons. The maximum Gasteiger partial charge on any atom is 0.00500 e. The van der Waals surface area contributed by atoms with Gasteiger partial charge in [0.05, 0.1) is 0 Å². The lowest BCUT2D eigenvalue weighted by Gasteiger charge is -2.41. The number of nitrogens with zero attached hydrogens (tertiary/aromatic N) is 1. The quantitative estimate of drug-likeness (QED) is 0.683.